The Kier molecular flexibility index (Phi) is 3.66. The summed E-state index contributed by atoms with van der Waals surface area (Å²) in [6, 6.07) is 9.10. The molecule has 3 heteroatoms. The molecule has 13 heavy (non-hydrogen) atoms. The highest BCUT2D eigenvalue weighted by atomic mass is 79.9. The number of carbonyl (C=O) groups is 1. The Hall–Kier alpha value is -1.14. The fourth-order valence-corrected chi connectivity index (χ4v) is 1.21. The molecule has 0 N–H and O–H groups in total. The summed E-state index contributed by atoms with van der Waals surface area (Å²) in [7, 11) is 0. The average Bonchev–Trinajstić information content (AvgIpc) is 2.15. The molecular weight excluding hydrogens is 230 g/mol. The molecule has 0 heterocycles. The van der Waals surface area contributed by atoms with Crippen LogP contribution in [0.3, 0.4) is 0 Å². The fourth-order valence-electron chi connectivity index (χ4n) is 0.950. The van der Waals surface area contributed by atoms with Crippen molar-refractivity contribution in [2.24, 2.45) is 0 Å². The van der Waals surface area contributed by atoms with Gasteiger partial charge in [0.1, 0.15) is 0 Å². The van der Waals surface area contributed by atoms with Crippen molar-refractivity contribution < 1.29 is 4.79 Å². The second-order valence-corrected chi connectivity index (χ2v) is 3.50. The predicted molar refractivity (Wildman–Crippen MR) is 53.3 cm³/mol. The first-order valence-corrected chi connectivity index (χ1v) is 4.69. The summed E-state index contributed by atoms with van der Waals surface area (Å²) in [5.74, 6) is 0.0223. The van der Waals surface area contributed by atoms with Gasteiger partial charge in [0, 0.05) is 22.9 Å². The van der Waals surface area contributed by atoms with Gasteiger partial charge in [-0.15, -0.1) is 0 Å². The van der Waals surface area contributed by atoms with Gasteiger partial charge >= 0.3 is 0 Å². The van der Waals surface area contributed by atoms with Crippen molar-refractivity contribution in [3.63, 3.8) is 0 Å². The van der Waals surface area contributed by atoms with Gasteiger partial charge in [-0.25, -0.2) is 0 Å². The van der Waals surface area contributed by atoms with Crippen LogP contribution in [-0.2, 0) is 0 Å². The third-order valence-corrected chi connectivity index (χ3v) is 2.16. The van der Waals surface area contributed by atoms with E-state index in [1.165, 1.54) is 0 Å². The van der Waals surface area contributed by atoms with E-state index in [0.29, 0.717) is 12.0 Å². The van der Waals surface area contributed by atoms with Gasteiger partial charge in [0.25, 0.3) is 0 Å². The molecule has 1 aromatic rings. The first-order chi connectivity index (χ1) is 6.24. The number of hydrogen-bond donors (Lipinski definition) is 0. The lowest BCUT2D eigenvalue weighted by atomic mass is 10.1. The average molecular weight is 238 g/mol. The number of Topliss-reactive ketones (excluding diaryl/α,β-unsaturated/α-hetero) is 1. The van der Waals surface area contributed by atoms with Crippen molar-refractivity contribution >= 4 is 21.7 Å². The van der Waals surface area contributed by atoms with Crippen molar-refractivity contribution in [1.29, 1.82) is 5.26 Å². The molecule has 0 amide bonds. The summed E-state index contributed by atoms with van der Waals surface area (Å²) in [4.78, 5) is 11.3. The SMILES string of the molecule is N#CCCC(=O)c1ccc(Br)cc1. The molecule has 0 aromatic heterocycles. The zero-order valence-electron chi connectivity index (χ0n) is 6.96. The van der Waals surface area contributed by atoms with Crippen LogP contribution in [0, 0.1) is 11.3 Å². The van der Waals surface area contributed by atoms with Crippen molar-refractivity contribution in [2.75, 3.05) is 0 Å². The number of ketones is 1. The van der Waals surface area contributed by atoms with Crippen LogP contribution < -0.4 is 0 Å². The number of rotatable bonds is 3. The molecule has 0 aliphatic rings. The maximum absolute atomic E-state index is 11.3. The third-order valence-electron chi connectivity index (χ3n) is 1.63. The van der Waals surface area contributed by atoms with E-state index in [2.05, 4.69) is 15.9 Å². The minimum atomic E-state index is 0.0223. The molecule has 0 aliphatic carbocycles. The van der Waals surface area contributed by atoms with E-state index in [1.54, 1.807) is 12.1 Å². The van der Waals surface area contributed by atoms with Crippen molar-refractivity contribution in [2.45, 2.75) is 12.8 Å². The molecule has 0 fully saturated rings. The molecule has 0 aliphatic heterocycles. The van der Waals surface area contributed by atoms with Gasteiger partial charge < -0.3 is 0 Å². The second-order valence-electron chi connectivity index (χ2n) is 2.59. The first-order valence-electron chi connectivity index (χ1n) is 3.90. The van der Waals surface area contributed by atoms with E-state index >= 15 is 0 Å². The highest BCUT2D eigenvalue weighted by Crippen LogP contribution is 2.12. The van der Waals surface area contributed by atoms with Crippen LogP contribution in [0.15, 0.2) is 28.7 Å². The van der Waals surface area contributed by atoms with Crippen molar-refractivity contribution in [3.8, 4) is 6.07 Å². The van der Waals surface area contributed by atoms with Crippen LogP contribution in [0.2, 0.25) is 0 Å². The summed E-state index contributed by atoms with van der Waals surface area (Å²) >= 11 is 3.28. The Morgan fingerprint density at radius 3 is 2.54 bits per heavy atom. The normalized spacial score (nSPS) is 9.23. The molecule has 66 valence electrons. The lowest BCUT2D eigenvalue weighted by Gasteiger charge is -1.97. The van der Waals surface area contributed by atoms with Crippen LogP contribution >= 0.6 is 15.9 Å². The van der Waals surface area contributed by atoms with E-state index in [1.807, 2.05) is 18.2 Å². The van der Waals surface area contributed by atoms with Crippen LogP contribution in [0.1, 0.15) is 23.2 Å². The molecule has 0 unspecified atom stereocenters. The molecule has 0 atom stereocenters. The molecule has 0 radical (unpaired) electrons. The maximum atomic E-state index is 11.3. The highest BCUT2D eigenvalue weighted by molar-refractivity contribution is 9.10. The third kappa shape index (κ3) is 3.00. The van der Waals surface area contributed by atoms with Crippen LogP contribution in [0.25, 0.3) is 0 Å². The molecule has 0 saturated carbocycles. The summed E-state index contributed by atoms with van der Waals surface area (Å²) in [6.45, 7) is 0. The largest absolute Gasteiger partial charge is 0.294 e. The molecule has 2 nitrogen and oxygen atoms in total. The van der Waals surface area contributed by atoms with E-state index in [0.717, 1.165) is 4.47 Å². The van der Waals surface area contributed by atoms with Crippen LogP contribution in [-0.4, -0.2) is 5.78 Å². The Labute approximate surface area is 85.3 Å². The highest BCUT2D eigenvalue weighted by Gasteiger charge is 2.03. The standard InChI is InChI=1S/C10H8BrNO/c11-9-5-3-8(4-6-9)10(13)2-1-7-12/h3-6H,1-2H2. The Morgan fingerprint density at radius 2 is 2.00 bits per heavy atom. The van der Waals surface area contributed by atoms with E-state index < -0.39 is 0 Å². The van der Waals surface area contributed by atoms with E-state index in [9.17, 15) is 4.79 Å². The van der Waals surface area contributed by atoms with Crippen LogP contribution in [0.4, 0.5) is 0 Å². The molecule has 0 bridgehead atoms. The number of benzene rings is 1. The van der Waals surface area contributed by atoms with Crippen molar-refractivity contribution in [3.05, 3.63) is 34.3 Å². The maximum Gasteiger partial charge on any atom is 0.163 e. The number of halogens is 1. The molecular formula is C10H8BrNO. The smallest absolute Gasteiger partial charge is 0.163 e. The van der Waals surface area contributed by atoms with Gasteiger partial charge in [0.2, 0.25) is 0 Å². The summed E-state index contributed by atoms with van der Waals surface area (Å²) < 4.78 is 0.948. The number of hydrogen-bond acceptors (Lipinski definition) is 2. The quantitative estimate of drug-likeness (QED) is 0.759. The Balaban J connectivity index is 2.68. The van der Waals surface area contributed by atoms with E-state index in [4.69, 9.17) is 5.26 Å². The zero-order valence-corrected chi connectivity index (χ0v) is 8.54. The lowest BCUT2D eigenvalue weighted by molar-refractivity contribution is 0.0984. The summed E-state index contributed by atoms with van der Waals surface area (Å²) in [5.41, 5.74) is 0.665. The number of nitriles is 1. The summed E-state index contributed by atoms with van der Waals surface area (Å²) in [5, 5.41) is 8.30. The Bertz CT molecular complexity index is 337. The minimum Gasteiger partial charge on any atom is -0.294 e. The predicted octanol–water partition coefficient (Wildman–Crippen LogP) is 2.94. The van der Waals surface area contributed by atoms with Gasteiger partial charge in [0.15, 0.2) is 5.78 Å². The summed E-state index contributed by atoms with van der Waals surface area (Å²) in [6.07, 6.45) is 0.590. The monoisotopic (exact) mass is 237 g/mol. The van der Waals surface area contributed by atoms with Gasteiger partial charge in [-0.1, -0.05) is 28.1 Å². The van der Waals surface area contributed by atoms with Gasteiger partial charge in [0.05, 0.1) is 6.07 Å². The van der Waals surface area contributed by atoms with Gasteiger partial charge in [-0.3, -0.25) is 4.79 Å². The van der Waals surface area contributed by atoms with Crippen molar-refractivity contribution in [1.82, 2.24) is 0 Å². The Morgan fingerprint density at radius 1 is 1.38 bits per heavy atom. The molecule has 0 spiro atoms. The minimum absolute atomic E-state index is 0.0223. The first kappa shape index (κ1) is 9.94. The van der Waals surface area contributed by atoms with E-state index in [-0.39, 0.29) is 12.2 Å². The second kappa shape index (κ2) is 4.78. The molecule has 1 aromatic carbocycles. The number of nitrogens with zero attached hydrogens (tertiary/aromatic N) is 1. The number of carbonyl (C=O) groups excluding carboxylic acids is 1. The lowest BCUT2D eigenvalue weighted by Crippen LogP contribution is -1.97. The fraction of sp³-hybridized carbons (Fsp3) is 0.200. The molecule has 0 saturated heterocycles. The zero-order chi connectivity index (χ0) is 9.68. The van der Waals surface area contributed by atoms with Crippen LogP contribution in [0.5, 0.6) is 0 Å². The molecule has 1 rings (SSSR count). The topological polar surface area (TPSA) is 40.9 Å². The van der Waals surface area contributed by atoms with Gasteiger partial charge in [-0.2, -0.15) is 5.26 Å². The van der Waals surface area contributed by atoms with Gasteiger partial charge in [-0.05, 0) is 12.1 Å².